The van der Waals surface area contributed by atoms with Gasteiger partial charge in [0.2, 0.25) is 0 Å². The number of nitro groups is 1. The summed E-state index contributed by atoms with van der Waals surface area (Å²) in [6.07, 6.45) is 1.24. The fourth-order valence-electron chi connectivity index (χ4n) is 3.24. The zero-order chi connectivity index (χ0) is 28.6. The van der Waals surface area contributed by atoms with Crippen LogP contribution in [-0.4, -0.2) is 38.9 Å². The van der Waals surface area contributed by atoms with Crippen LogP contribution in [0.5, 0.6) is 11.5 Å². The summed E-state index contributed by atoms with van der Waals surface area (Å²) in [5.41, 5.74) is -0.0180. The highest BCUT2D eigenvalue weighted by molar-refractivity contribution is 7.87. The molecule has 0 bridgehead atoms. The summed E-state index contributed by atoms with van der Waals surface area (Å²) < 4.78 is 40.7. The Morgan fingerprint density at radius 3 is 2.38 bits per heavy atom. The first-order valence-electron chi connectivity index (χ1n) is 11.2. The molecule has 0 aliphatic rings. The van der Waals surface area contributed by atoms with Gasteiger partial charge < -0.3 is 19.0 Å². The molecule has 0 heterocycles. The Balaban J connectivity index is 1.82. The van der Waals surface area contributed by atoms with Gasteiger partial charge in [-0.05, 0) is 61.0 Å². The normalized spacial score (nSPS) is 11.2. The molecule has 0 spiro atoms. The molecule has 0 unspecified atom stereocenters. The van der Waals surface area contributed by atoms with Crippen LogP contribution in [0.15, 0.2) is 77.2 Å². The quantitative estimate of drug-likeness (QED) is 0.0964. The topological polar surface area (TPSA) is 175 Å². The zero-order valence-corrected chi connectivity index (χ0v) is 21.4. The molecule has 0 fully saturated rings. The smallest absolute Gasteiger partial charge is 0.346 e. The Kier molecular flexibility index (Phi) is 8.98. The third-order valence-electron chi connectivity index (χ3n) is 5.05. The SMILES string of the molecule is CCOC(=O)c1ccc(NC(=O)/C(C#N)=C/c2ccc(OS(=O)(=O)c3ccccc3[N+](=O)[O-])c(OC)c2)cc1. The number of para-hydroxylation sites is 1. The maximum absolute atomic E-state index is 12.7. The lowest BCUT2D eigenvalue weighted by molar-refractivity contribution is -0.387. The third kappa shape index (κ3) is 6.96. The van der Waals surface area contributed by atoms with Crippen molar-refractivity contribution in [1.82, 2.24) is 0 Å². The van der Waals surface area contributed by atoms with E-state index in [4.69, 9.17) is 13.7 Å². The van der Waals surface area contributed by atoms with Crippen molar-refractivity contribution in [3.05, 3.63) is 93.5 Å². The molecule has 3 rings (SSSR count). The third-order valence-corrected chi connectivity index (χ3v) is 6.33. The Hall–Kier alpha value is -5.22. The van der Waals surface area contributed by atoms with Crippen molar-refractivity contribution in [2.24, 2.45) is 0 Å². The van der Waals surface area contributed by atoms with Crippen molar-refractivity contribution < 1.29 is 36.6 Å². The minimum Gasteiger partial charge on any atom is -0.493 e. The molecule has 1 amide bonds. The van der Waals surface area contributed by atoms with Crippen molar-refractivity contribution in [3.8, 4) is 17.6 Å². The van der Waals surface area contributed by atoms with Gasteiger partial charge >= 0.3 is 16.1 Å². The molecule has 3 aromatic carbocycles. The fraction of sp³-hybridized carbons (Fsp3) is 0.115. The number of esters is 1. The standard InChI is InChI=1S/C26H21N3O9S/c1-3-37-26(31)18-9-11-20(12-10-18)28-25(30)19(16-27)14-17-8-13-22(23(15-17)36-2)38-39(34,35)24-7-5-4-6-21(24)29(32)33/h4-15H,3H2,1-2H3,(H,28,30)/b19-14+. The minimum absolute atomic E-state index is 0.0711. The highest BCUT2D eigenvalue weighted by Gasteiger charge is 2.28. The van der Waals surface area contributed by atoms with E-state index in [-0.39, 0.29) is 23.7 Å². The second-order valence-corrected chi connectivity index (χ2v) is 9.11. The average molecular weight is 552 g/mol. The van der Waals surface area contributed by atoms with Gasteiger partial charge in [-0.2, -0.15) is 13.7 Å². The largest absolute Gasteiger partial charge is 0.493 e. The molecule has 3 aromatic rings. The number of methoxy groups -OCH3 is 1. The van der Waals surface area contributed by atoms with E-state index < -0.39 is 37.5 Å². The minimum atomic E-state index is -4.60. The van der Waals surface area contributed by atoms with Crippen LogP contribution in [-0.2, 0) is 19.6 Å². The number of nitrogens with one attached hydrogen (secondary N) is 1. The molecular weight excluding hydrogens is 530 g/mol. The summed E-state index contributed by atoms with van der Waals surface area (Å²) >= 11 is 0. The van der Waals surface area contributed by atoms with Crippen LogP contribution >= 0.6 is 0 Å². The first kappa shape index (κ1) is 28.4. The highest BCUT2D eigenvalue weighted by Crippen LogP contribution is 2.33. The predicted octanol–water partition coefficient (Wildman–Crippen LogP) is 4.09. The van der Waals surface area contributed by atoms with E-state index >= 15 is 0 Å². The van der Waals surface area contributed by atoms with Crippen molar-refractivity contribution in [3.63, 3.8) is 0 Å². The predicted molar refractivity (Wildman–Crippen MR) is 139 cm³/mol. The van der Waals surface area contributed by atoms with Crippen LogP contribution in [0.2, 0.25) is 0 Å². The van der Waals surface area contributed by atoms with Gasteiger partial charge in [-0.15, -0.1) is 0 Å². The fourth-order valence-corrected chi connectivity index (χ4v) is 4.35. The van der Waals surface area contributed by atoms with E-state index in [1.807, 2.05) is 0 Å². The van der Waals surface area contributed by atoms with Crippen LogP contribution in [0.3, 0.4) is 0 Å². The summed E-state index contributed by atoms with van der Waals surface area (Å²) in [5, 5.41) is 23.3. The number of hydrogen-bond acceptors (Lipinski definition) is 10. The van der Waals surface area contributed by atoms with Gasteiger partial charge in [0.05, 0.1) is 24.2 Å². The summed E-state index contributed by atoms with van der Waals surface area (Å²) in [6.45, 7) is 1.90. The molecule has 0 atom stereocenters. The van der Waals surface area contributed by atoms with Gasteiger partial charge in [0, 0.05) is 11.8 Å². The summed E-state index contributed by atoms with van der Waals surface area (Å²) in [7, 11) is -3.36. The number of rotatable bonds is 10. The lowest BCUT2D eigenvalue weighted by Crippen LogP contribution is -2.14. The Morgan fingerprint density at radius 2 is 1.77 bits per heavy atom. The Morgan fingerprint density at radius 1 is 1.08 bits per heavy atom. The van der Waals surface area contributed by atoms with Gasteiger partial charge in [-0.1, -0.05) is 18.2 Å². The van der Waals surface area contributed by atoms with E-state index in [2.05, 4.69) is 5.32 Å². The maximum atomic E-state index is 12.7. The molecule has 13 heteroatoms. The number of nitro benzene ring substituents is 1. The molecule has 0 saturated carbocycles. The van der Waals surface area contributed by atoms with E-state index in [1.165, 1.54) is 67.8 Å². The molecule has 12 nitrogen and oxygen atoms in total. The molecule has 0 radical (unpaired) electrons. The highest BCUT2D eigenvalue weighted by atomic mass is 32.2. The first-order valence-corrected chi connectivity index (χ1v) is 12.6. The van der Waals surface area contributed by atoms with Crippen LogP contribution in [0, 0.1) is 21.4 Å². The number of carbonyl (C=O) groups is 2. The lowest BCUT2D eigenvalue weighted by atomic mass is 10.1. The molecule has 200 valence electrons. The number of nitrogens with zero attached hydrogens (tertiary/aromatic N) is 2. The number of amides is 1. The molecule has 39 heavy (non-hydrogen) atoms. The van der Waals surface area contributed by atoms with Gasteiger partial charge in [-0.3, -0.25) is 14.9 Å². The molecular formula is C26H21N3O9S. The number of carbonyl (C=O) groups excluding carboxylic acids is 2. The summed E-state index contributed by atoms with van der Waals surface area (Å²) in [6, 6.07) is 16.3. The van der Waals surface area contributed by atoms with Crippen LogP contribution in [0.4, 0.5) is 11.4 Å². The van der Waals surface area contributed by atoms with Gasteiger partial charge in [0.25, 0.3) is 11.6 Å². The van der Waals surface area contributed by atoms with Gasteiger partial charge in [-0.25, -0.2) is 4.79 Å². The Labute approximate surface area is 223 Å². The zero-order valence-electron chi connectivity index (χ0n) is 20.6. The van der Waals surface area contributed by atoms with Crippen LogP contribution in [0.25, 0.3) is 6.08 Å². The van der Waals surface area contributed by atoms with Gasteiger partial charge in [0.1, 0.15) is 11.6 Å². The lowest BCUT2D eigenvalue weighted by Gasteiger charge is -2.12. The second kappa shape index (κ2) is 12.3. The second-order valence-electron chi connectivity index (χ2n) is 7.59. The number of ether oxygens (including phenoxy) is 2. The average Bonchev–Trinajstić information content (AvgIpc) is 2.92. The molecule has 0 aliphatic heterocycles. The summed E-state index contributed by atoms with van der Waals surface area (Å²) in [4.78, 5) is 34.2. The molecule has 0 aliphatic carbocycles. The molecule has 1 N–H and O–H groups in total. The summed E-state index contributed by atoms with van der Waals surface area (Å²) in [5.74, 6) is -1.58. The van der Waals surface area contributed by atoms with Crippen molar-refractivity contribution in [2.75, 3.05) is 19.0 Å². The monoisotopic (exact) mass is 551 g/mol. The number of hydrogen-bond donors (Lipinski definition) is 1. The van der Waals surface area contributed by atoms with E-state index in [9.17, 15) is 33.4 Å². The molecule has 0 aromatic heterocycles. The Bertz CT molecular complexity index is 1590. The first-order chi connectivity index (χ1) is 18.6. The molecule has 0 saturated heterocycles. The van der Waals surface area contributed by atoms with E-state index in [0.717, 1.165) is 12.1 Å². The number of nitriles is 1. The number of anilines is 1. The van der Waals surface area contributed by atoms with E-state index in [1.54, 1.807) is 13.0 Å². The van der Waals surface area contributed by atoms with Crippen molar-refractivity contribution in [1.29, 1.82) is 5.26 Å². The van der Waals surface area contributed by atoms with Crippen LogP contribution in [0.1, 0.15) is 22.8 Å². The van der Waals surface area contributed by atoms with E-state index in [0.29, 0.717) is 16.8 Å². The van der Waals surface area contributed by atoms with Crippen LogP contribution < -0.4 is 14.2 Å². The maximum Gasteiger partial charge on any atom is 0.346 e. The van der Waals surface area contributed by atoms with Gasteiger partial charge in [0.15, 0.2) is 16.4 Å². The number of benzene rings is 3. The van der Waals surface area contributed by atoms with Crippen molar-refractivity contribution in [2.45, 2.75) is 11.8 Å². The van der Waals surface area contributed by atoms with Crippen molar-refractivity contribution >= 4 is 39.4 Å².